The summed E-state index contributed by atoms with van der Waals surface area (Å²) in [6, 6.07) is 10.3. The summed E-state index contributed by atoms with van der Waals surface area (Å²) in [6.45, 7) is 5.25. The van der Waals surface area contributed by atoms with Gasteiger partial charge in [0.15, 0.2) is 0 Å². The molecule has 2 heterocycles. The van der Waals surface area contributed by atoms with Gasteiger partial charge in [0.05, 0.1) is 10.4 Å². The third kappa shape index (κ3) is 4.51. The molecule has 1 aromatic heterocycles. The summed E-state index contributed by atoms with van der Waals surface area (Å²) in [4.78, 5) is 12.9. The van der Waals surface area contributed by atoms with E-state index in [0.29, 0.717) is 29.1 Å². The van der Waals surface area contributed by atoms with Crippen LogP contribution in [0.3, 0.4) is 0 Å². The lowest BCUT2D eigenvalue weighted by Crippen LogP contribution is -2.41. The van der Waals surface area contributed by atoms with E-state index in [1.165, 1.54) is 4.31 Å². The molecule has 1 N–H and O–H groups in total. The first kappa shape index (κ1) is 22.7. The summed E-state index contributed by atoms with van der Waals surface area (Å²) in [5.74, 6) is -0.367. The predicted molar refractivity (Wildman–Crippen MR) is 124 cm³/mol. The Morgan fingerprint density at radius 1 is 1.19 bits per heavy atom. The van der Waals surface area contributed by atoms with E-state index in [0.717, 1.165) is 24.0 Å². The molecule has 170 valence electrons. The molecule has 0 atom stereocenters. The van der Waals surface area contributed by atoms with Crippen molar-refractivity contribution in [3.05, 3.63) is 47.0 Å². The Morgan fingerprint density at radius 2 is 1.94 bits per heavy atom. The molecule has 32 heavy (non-hydrogen) atoms. The number of rotatable bonds is 6. The van der Waals surface area contributed by atoms with Crippen molar-refractivity contribution in [2.24, 2.45) is 5.92 Å². The Bertz CT molecular complexity index is 1250. The Kier molecular flexibility index (Phi) is 6.50. The quantitative estimate of drug-likeness (QED) is 0.584. The van der Waals surface area contributed by atoms with Crippen molar-refractivity contribution in [1.82, 2.24) is 19.3 Å². The van der Waals surface area contributed by atoms with Crippen molar-refractivity contribution in [2.45, 2.75) is 44.6 Å². The molecule has 3 aromatic rings. The summed E-state index contributed by atoms with van der Waals surface area (Å²) >= 11 is 6.13. The number of nitrogens with zero attached hydrogens (tertiary/aromatic N) is 4. The first-order valence-corrected chi connectivity index (χ1v) is 12.5. The normalized spacial score (nSPS) is 15.8. The van der Waals surface area contributed by atoms with Crippen molar-refractivity contribution in [2.75, 3.05) is 18.4 Å². The highest BCUT2D eigenvalue weighted by atomic mass is 35.5. The third-order valence-electron chi connectivity index (χ3n) is 5.82. The smallest absolute Gasteiger partial charge is 0.243 e. The average Bonchev–Trinajstić information content (AvgIpc) is 3.19. The first-order valence-electron chi connectivity index (χ1n) is 10.7. The van der Waals surface area contributed by atoms with Gasteiger partial charge < -0.3 is 5.32 Å². The first-order chi connectivity index (χ1) is 15.3. The summed E-state index contributed by atoms with van der Waals surface area (Å²) in [7, 11) is -3.67. The minimum atomic E-state index is -3.67. The highest BCUT2D eigenvalue weighted by molar-refractivity contribution is 7.89. The van der Waals surface area contributed by atoms with Crippen LogP contribution in [0, 0.1) is 12.8 Å². The van der Waals surface area contributed by atoms with E-state index in [2.05, 4.69) is 15.6 Å². The number of hydrogen-bond donors (Lipinski definition) is 1. The van der Waals surface area contributed by atoms with Gasteiger partial charge >= 0.3 is 0 Å². The van der Waals surface area contributed by atoms with E-state index >= 15 is 0 Å². The highest BCUT2D eigenvalue weighted by Gasteiger charge is 2.32. The molecular weight excluding hydrogens is 450 g/mol. The average molecular weight is 476 g/mol. The van der Waals surface area contributed by atoms with Gasteiger partial charge in [-0.05, 0) is 62.1 Å². The van der Waals surface area contributed by atoms with Crippen LogP contribution in [-0.2, 0) is 21.4 Å². The van der Waals surface area contributed by atoms with E-state index in [-0.39, 0.29) is 29.8 Å². The second-order valence-electron chi connectivity index (χ2n) is 8.09. The Morgan fingerprint density at radius 3 is 2.62 bits per heavy atom. The number of benzene rings is 2. The number of aromatic nitrogens is 3. The number of amides is 1. The van der Waals surface area contributed by atoms with Gasteiger partial charge in [0.1, 0.15) is 5.52 Å². The Labute approximate surface area is 192 Å². The van der Waals surface area contributed by atoms with Crippen LogP contribution < -0.4 is 5.32 Å². The fraction of sp³-hybridized carbons (Fsp3) is 0.409. The lowest BCUT2D eigenvalue weighted by atomic mass is 9.97. The van der Waals surface area contributed by atoms with Crippen LogP contribution in [0.5, 0.6) is 0 Å². The summed E-state index contributed by atoms with van der Waals surface area (Å²) < 4.78 is 29.5. The van der Waals surface area contributed by atoms with Gasteiger partial charge in [-0.15, -0.1) is 5.10 Å². The molecule has 8 nitrogen and oxygen atoms in total. The topological polar surface area (TPSA) is 97.2 Å². The molecule has 0 saturated carbocycles. The van der Waals surface area contributed by atoms with E-state index in [1.54, 1.807) is 28.9 Å². The third-order valence-corrected chi connectivity index (χ3v) is 8.12. The van der Waals surface area contributed by atoms with Crippen molar-refractivity contribution in [3.63, 3.8) is 0 Å². The minimum absolute atomic E-state index is 0.115. The molecule has 2 aromatic carbocycles. The van der Waals surface area contributed by atoms with E-state index in [4.69, 9.17) is 11.6 Å². The SMILES string of the molecule is CCCn1nnc2cc(S(=O)(=O)N3CCC(C(=O)Nc4ccc(C)c(Cl)c4)CC3)ccc21. The van der Waals surface area contributed by atoms with Crippen molar-refractivity contribution in [3.8, 4) is 0 Å². The molecule has 1 aliphatic heterocycles. The van der Waals surface area contributed by atoms with Gasteiger partial charge in [-0.1, -0.05) is 29.8 Å². The number of hydrogen-bond acceptors (Lipinski definition) is 5. The molecule has 10 heteroatoms. The van der Waals surface area contributed by atoms with Crippen molar-refractivity contribution < 1.29 is 13.2 Å². The number of nitrogens with one attached hydrogen (secondary N) is 1. The lowest BCUT2D eigenvalue weighted by molar-refractivity contribution is -0.120. The van der Waals surface area contributed by atoms with Crippen molar-refractivity contribution >= 4 is 44.3 Å². The van der Waals surface area contributed by atoms with Crippen LogP contribution in [-0.4, -0.2) is 46.7 Å². The van der Waals surface area contributed by atoms with Crippen LogP contribution in [0.25, 0.3) is 11.0 Å². The zero-order valence-corrected chi connectivity index (χ0v) is 19.7. The zero-order valence-electron chi connectivity index (χ0n) is 18.1. The summed E-state index contributed by atoms with van der Waals surface area (Å²) in [5.41, 5.74) is 2.96. The Balaban J connectivity index is 1.42. The van der Waals surface area contributed by atoms with Crippen LogP contribution in [0.4, 0.5) is 5.69 Å². The number of halogens is 1. The van der Waals surface area contributed by atoms with E-state index < -0.39 is 10.0 Å². The minimum Gasteiger partial charge on any atom is -0.326 e. The molecular formula is C22H26ClN5O3S. The van der Waals surface area contributed by atoms with Gasteiger partial charge in [-0.3, -0.25) is 4.79 Å². The molecule has 1 saturated heterocycles. The van der Waals surface area contributed by atoms with E-state index in [1.807, 2.05) is 26.0 Å². The maximum absolute atomic E-state index is 13.2. The molecule has 0 aliphatic carbocycles. The highest BCUT2D eigenvalue weighted by Crippen LogP contribution is 2.27. The molecule has 4 rings (SSSR count). The van der Waals surface area contributed by atoms with Gasteiger partial charge in [0.25, 0.3) is 0 Å². The molecule has 0 unspecified atom stereocenters. The molecule has 0 spiro atoms. The predicted octanol–water partition coefficient (Wildman–Crippen LogP) is 3.84. The molecule has 1 aliphatic rings. The fourth-order valence-corrected chi connectivity index (χ4v) is 5.58. The number of piperidine rings is 1. The van der Waals surface area contributed by atoms with Crippen LogP contribution in [0.1, 0.15) is 31.7 Å². The monoisotopic (exact) mass is 475 g/mol. The second-order valence-corrected chi connectivity index (χ2v) is 10.4. The largest absolute Gasteiger partial charge is 0.326 e. The van der Waals surface area contributed by atoms with E-state index in [9.17, 15) is 13.2 Å². The standard InChI is InChI=1S/C22H26ClN5O3S/c1-3-10-28-21-7-6-18(14-20(21)25-26-28)32(30,31)27-11-8-16(9-12-27)22(29)24-17-5-4-15(2)19(23)13-17/h4-7,13-14,16H,3,8-12H2,1-2H3,(H,24,29). The van der Waals surface area contributed by atoms with Gasteiger partial charge in [-0.2, -0.15) is 4.31 Å². The lowest BCUT2D eigenvalue weighted by Gasteiger charge is -2.30. The molecule has 0 radical (unpaired) electrons. The van der Waals surface area contributed by atoms with Crippen LogP contribution in [0.2, 0.25) is 5.02 Å². The number of aryl methyl sites for hydroxylation is 2. The maximum Gasteiger partial charge on any atom is 0.243 e. The molecule has 1 fully saturated rings. The van der Waals surface area contributed by atoms with Gasteiger partial charge in [0.2, 0.25) is 15.9 Å². The maximum atomic E-state index is 13.2. The summed E-state index contributed by atoms with van der Waals surface area (Å²) in [5, 5.41) is 11.7. The number of carbonyl (C=O) groups excluding carboxylic acids is 1. The summed E-state index contributed by atoms with van der Waals surface area (Å²) in [6.07, 6.45) is 1.83. The number of carbonyl (C=O) groups is 1. The van der Waals surface area contributed by atoms with Crippen LogP contribution in [0.15, 0.2) is 41.3 Å². The zero-order chi connectivity index (χ0) is 22.9. The number of sulfonamides is 1. The number of fused-ring (bicyclic) bond motifs is 1. The van der Waals surface area contributed by atoms with Crippen molar-refractivity contribution in [1.29, 1.82) is 0 Å². The Hall–Kier alpha value is -2.49. The molecule has 0 bridgehead atoms. The molecule has 1 amide bonds. The second kappa shape index (κ2) is 9.17. The van der Waals surface area contributed by atoms with Crippen LogP contribution >= 0.6 is 11.6 Å². The van der Waals surface area contributed by atoms with Gasteiger partial charge in [-0.25, -0.2) is 13.1 Å². The fourth-order valence-electron chi connectivity index (χ4n) is 3.91. The van der Waals surface area contributed by atoms with Gasteiger partial charge in [0, 0.05) is 36.3 Å². The number of anilines is 1.